The van der Waals surface area contributed by atoms with Gasteiger partial charge in [-0.1, -0.05) is 6.07 Å². The lowest BCUT2D eigenvalue weighted by Crippen LogP contribution is -2.58. The number of rotatable bonds is 1. The van der Waals surface area contributed by atoms with Gasteiger partial charge in [-0.05, 0) is 39.8 Å². The number of carbonyl (C=O) groups is 1. The minimum absolute atomic E-state index is 0.277. The van der Waals surface area contributed by atoms with E-state index in [2.05, 4.69) is 0 Å². The van der Waals surface area contributed by atoms with Crippen LogP contribution >= 0.6 is 0 Å². The van der Waals surface area contributed by atoms with Crippen LogP contribution in [0.2, 0.25) is 0 Å². The zero-order valence-electron chi connectivity index (χ0n) is 12.2. The molecule has 1 heterocycles. The Kier molecular flexibility index (Phi) is 3.50. The topological polar surface area (TPSA) is 49.8 Å². The van der Waals surface area contributed by atoms with Crippen LogP contribution in [0.4, 0.5) is 4.39 Å². The van der Waals surface area contributed by atoms with Gasteiger partial charge in [0.05, 0.1) is 11.2 Å². The van der Waals surface area contributed by atoms with Gasteiger partial charge in [0.2, 0.25) is 0 Å². The van der Waals surface area contributed by atoms with Gasteiger partial charge in [0, 0.05) is 13.1 Å². The fraction of sp³-hybridized carbons (Fsp3) is 0.533. The van der Waals surface area contributed by atoms with E-state index >= 15 is 0 Å². The van der Waals surface area contributed by atoms with E-state index in [0.29, 0.717) is 13.1 Å². The van der Waals surface area contributed by atoms with Gasteiger partial charge in [0.1, 0.15) is 17.1 Å². The molecule has 1 aliphatic rings. The summed E-state index contributed by atoms with van der Waals surface area (Å²) < 4.78 is 19.7. The summed E-state index contributed by atoms with van der Waals surface area (Å²) in [6, 6.07) is 3.85. The number of amides is 1. The first-order valence-corrected chi connectivity index (χ1v) is 6.58. The Labute approximate surface area is 118 Å². The van der Waals surface area contributed by atoms with E-state index in [-0.39, 0.29) is 11.3 Å². The van der Waals surface area contributed by atoms with Crippen molar-refractivity contribution in [3.05, 3.63) is 29.6 Å². The average molecular weight is 281 g/mol. The number of morpholine rings is 1. The molecule has 1 aromatic carbocycles. The molecule has 0 unspecified atom stereocenters. The smallest absolute Gasteiger partial charge is 0.260 e. The molecule has 110 valence electrons. The summed E-state index contributed by atoms with van der Waals surface area (Å²) in [5.74, 6) is -1.56. The second-order valence-corrected chi connectivity index (χ2v) is 6.42. The number of halogens is 1. The molecule has 0 aliphatic carbocycles. The molecule has 1 N–H and O–H groups in total. The summed E-state index contributed by atoms with van der Waals surface area (Å²) in [5, 5.41) is 9.73. The molecule has 0 spiro atoms. The van der Waals surface area contributed by atoms with E-state index in [1.165, 1.54) is 23.1 Å². The van der Waals surface area contributed by atoms with Crippen LogP contribution < -0.4 is 0 Å². The number of benzene rings is 1. The number of aromatic hydroxyl groups is 1. The van der Waals surface area contributed by atoms with Crippen LogP contribution in [0.15, 0.2) is 18.2 Å². The number of ether oxygens (including phenoxy) is 1. The predicted molar refractivity (Wildman–Crippen MR) is 73.2 cm³/mol. The number of hydrogen-bond donors (Lipinski definition) is 1. The molecule has 1 aliphatic heterocycles. The summed E-state index contributed by atoms with van der Waals surface area (Å²) in [6.07, 6.45) is 0. The molecule has 1 saturated heterocycles. The van der Waals surface area contributed by atoms with Crippen molar-refractivity contribution in [1.29, 1.82) is 0 Å². The lowest BCUT2D eigenvalue weighted by molar-refractivity contribution is -0.171. The maximum Gasteiger partial charge on any atom is 0.260 e. The maximum absolute atomic E-state index is 13.8. The molecule has 0 saturated carbocycles. The maximum atomic E-state index is 13.8. The molecule has 0 aromatic heterocycles. The van der Waals surface area contributed by atoms with Gasteiger partial charge in [0.15, 0.2) is 0 Å². The zero-order valence-corrected chi connectivity index (χ0v) is 12.2. The Morgan fingerprint density at radius 1 is 1.25 bits per heavy atom. The van der Waals surface area contributed by atoms with Crippen molar-refractivity contribution >= 4 is 5.91 Å². The lowest BCUT2D eigenvalue weighted by Gasteiger charge is -2.47. The van der Waals surface area contributed by atoms with Gasteiger partial charge in [-0.3, -0.25) is 4.79 Å². The third-order valence-electron chi connectivity index (χ3n) is 3.19. The van der Waals surface area contributed by atoms with Crippen LogP contribution in [0.5, 0.6) is 5.75 Å². The summed E-state index contributed by atoms with van der Waals surface area (Å²) in [4.78, 5) is 14.0. The van der Waals surface area contributed by atoms with E-state index in [0.717, 1.165) is 0 Å². The molecule has 0 bridgehead atoms. The molecule has 4 nitrogen and oxygen atoms in total. The highest BCUT2D eigenvalue weighted by atomic mass is 19.1. The summed E-state index contributed by atoms with van der Waals surface area (Å²) in [7, 11) is 0. The Morgan fingerprint density at radius 2 is 1.80 bits per heavy atom. The van der Waals surface area contributed by atoms with E-state index < -0.39 is 22.9 Å². The van der Waals surface area contributed by atoms with E-state index in [9.17, 15) is 14.3 Å². The molecule has 20 heavy (non-hydrogen) atoms. The standard InChI is InChI=1S/C15H20FNO3/c1-14(2)8-17(9-15(3,4)20-14)13(19)12-10(16)6-5-7-11(12)18/h5-7,18H,8-9H2,1-4H3. The van der Waals surface area contributed by atoms with Gasteiger partial charge in [-0.25, -0.2) is 4.39 Å². The second kappa shape index (κ2) is 4.74. The Balaban J connectivity index is 2.34. The van der Waals surface area contributed by atoms with Gasteiger partial charge in [-0.2, -0.15) is 0 Å². The average Bonchev–Trinajstić information content (AvgIpc) is 2.24. The third kappa shape index (κ3) is 2.93. The van der Waals surface area contributed by atoms with Crippen molar-refractivity contribution in [2.75, 3.05) is 13.1 Å². The van der Waals surface area contributed by atoms with Gasteiger partial charge < -0.3 is 14.7 Å². The van der Waals surface area contributed by atoms with Crippen molar-refractivity contribution in [3.63, 3.8) is 0 Å². The zero-order chi connectivity index (χ0) is 15.1. The molecule has 1 fully saturated rings. The Morgan fingerprint density at radius 3 is 2.30 bits per heavy atom. The molecule has 1 amide bonds. The number of phenols is 1. The molecule has 1 aromatic rings. The monoisotopic (exact) mass is 281 g/mol. The summed E-state index contributed by atoms with van der Waals surface area (Å²) in [6.45, 7) is 8.24. The summed E-state index contributed by atoms with van der Waals surface area (Å²) >= 11 is 0. The van der Waals surface area contributed by atoms with Crippen LogP contribution in [-0.2, 0) is 4.74 Å². The molecule has 0 atom stereocenters. The highest BCUT2D eigenvalue weighted by molar-refractivity contribution is 5.97. The fourth-order valence-corrected chi connectivity index (χ4v) is 2.81. The van der Waals surface area contributed by atoms with Gasteiger partial charge in [0.25, 0.3) is 5.91 Å². The fourth-order valence-electron chi connectivity index (χ4n) is 2.81. The third-order valence-corrected chi connectivity index (χ3v) is 3.19. The van der Waals surface area contributed by atoms with E-state index in [1.807, 2.05) is 27.7 Å². The molecule has 2 rings (SSSR count). The van der Waals surface area contributed by atoms with Gasteiger partial charge >= 0.3 is 0 Å². The molecule has 5 heteroatoms. The van der Waals surface area contributed by atoms with Crippen molar-refractivity contribution < 1.29 is 19.0 Å². The van der Waals surface area contributed by atoms with E-state index in [4.69, 9.17) is 4.74 Å². The van der Waals surface area contributed by atoms with Crippen LogP contribution in [0.3, 0.4) is 0 Å². The van der Waals surface area contributed by atoms with Crippen LogP contribution in [-0.4, -0.2) is 40.2 Å². The number of phenolic OH excluding ortho intramolecular Hbond substituents is 1. The highest BCUT2D eigenvalue weighted by Crippen LogP contribution is 2.30. The van der Waals surface area contributed by atoms with Crippen LogP contribution in [0.25, 0.3) is 0 Å². The molecular formula is C15H20FNO3. The normalized spacial score (nSPS) is 20.8. The Hall–Kier alpha value is -1.62. The first-order valence-electron chi connectivity index (χ1n) is 6.58. The Bertz CT molecular complexity index is 504. The quantitative estimate of drug-likeness (QED) is 0.860. The molecular weight excluding hydrogens is 261 g/mol. The second-order valence-electron chi connectivity index (χ2n) is 6.42. The molecule has 0 radical (unpaired) electrons. The summed E-state index contributed by atoms with van der Waals surface area (Å²) in [5.41, 5.74) is -1.31. The number of carbonyl (C=O) groups excluding carboxylic acids is 1. The van der Waals surface area contributed by atoms with Crippen molar-refractivity contribution in [2.24, 2.45) is 0 Å². The largest absolute Gasteiger partial charge is 0.507 e. The minimum atomic E-state index is -0.711. The number of hydrogen-bond acceptors (Lipinski definition) is 3. The first kappa shape index (κ1) is 14.8. The van der Waals surface area contributed by atoms with Crippen LogP contribution in [0.1, 0.15) is 38.1 Å². The van der Waals surface area contributed by atoms with E-state index in [1.54, 1.807) is 0 Å². The van der Waals surface area contributed by atoms with Gasteiger partial charge in [-0.15, -0.1) is 0 Å². The van der Waals surface area contributed by atoms with Crippen molar-refractivity contribution in [2.45, 2.75) is 38.9 Å². The minimum Gasteiger partial charge on any atom is -0.507 e. The van der Waals surface area contributed by atoms with Crippen molar-refractivity contribution in [1.82, 2.24) is 4.90 Å². The van der Waals surface area contributed by atoms with Crippen molar-refractivity contribution in [3.8, 4) is 5.75 Å². The van der Waals surface area contributed by atoms with Crippen LogP contribution in [0, 0.1) is 5.82 Å². The highest BCUT2D eigenvalue weighted by Gasteiger charge is 2.41. The lowest BCUT2D eigenvalue weighted by atomic mass is 9.98. The number of nitrogens with zero attached hydrogens (tertiary/aromatic N) is 1. The predicted octanol–water partition coefficient (Wildman–Crippen LogP) is 2.56. The first-order chi connectivity index (χ1) is 9.11. The SMILES string of the molecule is CC1(C)CN(C(=O)c2c(O)cccc2F)CC(C)(C)O1.